The van der Waals surface area contributed by atoms with E-state index in [1.54, 1.807) is 11.8 Å². The molecule has 5 nitrogen and oxygen atoms in total. The van der Waals surface area contributed by atoms with Crippen molar-refractivity contribution in [2.45, 2.75) is 49.7 Å². The fraction of sp³-hybridized carbons (Fsp3) is 0.333. The highest BCUT2D eigenvalue weighted by atomic mass is 32.2. The second-order valence-electron chi connectivity index (χ2n) is 8.20. The van der Waals surface area contributed by atoms with Gasteiger partial charge in [-0.15, -0.1) is 10.2 Å². The predicted molar refractivity (Wildman–Crippen MR) is 124 cm³/mol. The fourth-order valence-corrected chi connectivity index (χ4v) is 4.80. The molecule has 0 aliphatic heterocycles. The van der Waals surface area contributed by atoms with Crippen LogP contribution in [0.3, 0.4) is 0 Å². The maximum atomic E-state index is 4.72. The lowest BCUT2D eigenvalue weighted by Gasteiger charge is -2.13. The van der Waals surface area contributed by atoms with Crippen molar-refractivity contribution in [1.29, 1.82) is 0 Å². The van der Waals surface area contributed by atoms with Gasteiger partial charge in [0, 0.05) is 47.0 Å². The Hall–Kier alpha value is -2.57. The first-order chi connectivity index (χ1) is 14.6. The second-order valence-corrected chi connectivity index (χ2v) is 9.75. The van der Waals surface area contributed by atoms with Crippen molar-refractivity contribution in [3.8, 4) is 17.2 Å². The molecule has 1 N–H and O–H groups in total. The van der Waals surface area contributed by atoms with E-state index in [1.165, 1.54) is 29.3 Å². The molecule has 0 unspecified atom stereocenters. The minimum atomic E-state index is 0.424. The minimum absolute atomic E-state index is 0.424. The molecule has 1 aliphatic rings. The quantitative estimate of drug-likeness (QED) is 0.421. The van der Waals surface area contributed by atoms with Crippen LogP contribution in [0.15, 0.2) is 59.8 Å². The van der Waals surface area contributed by atoms with Gasteiger partial charge in [-0.3, -0.25) is 4.57 Å². The van der Waals surface area contributed by atoms with E-state index in [4.69, 9.17) is 5.10 Å². The number of aromatic nitrogens is 4. The van der Waals surface area contributed by atoms with Crippen LogP contribution in [0.2, 0.25) is 0 Å². The summed E-state index contributed by atoms with van der Waals surface area (Å²) in [5.74, 6) is 0.899. The van der Waals surface area contributed by atoms with E-state index >= 15 is 0 Å². The summed E-state index contributed by atoms with van der Waals surface area (Å²) in [6, 6.07) is 19.7. The van der Waals surface area contributed by atoms with Crippen molar-refractivity contribution in [3.05, 3.63) is 60.2 Å². The van der Waals surface area contributed by atoms with Crippen molar-refractivity contribution in [2.75, 3.05) is 0 Å². The highest BCUT2D eigenvalue weighted by Gasteiger charge is 2.26. The molecule has 0 bridgehead atoms. The van der Waals surface area contributed by atoms with E-state index in [1.807, 2.05) is 6.07 Å². The molecule has 1 fully saturated rings. The lowest BCUT2D eigenvalue weighted by molar-refractivity contribution is 0.689. The molecule has 2 aromatic heterocycles. The number of hydrogen-bond acceptors (Lipinski definition) is 4. The predicted octanol–water partition coefficient (Wildman–Crippen LogP) is 5.18. The van der Waals surface area contributed by atoms with Crippen LogP contribution in [-0.2, 0) is 13.6 Å². The van der Waals surface area contributed by atoms with Gasteiger partial charge in [0.05, 0.1) is 5.69 Å². The van der Waals surface area contributed by atoms with Crippen LogP contribution in [-0.4, -0.2) is 30.6 Å². The third-order valence-corrected chi connectivity index (χ3v) is 6.50. The van der Waals surface area contributed by atoms with E-state index in [-0.39, 0.29) is 0 Å². The van der Waals surface area contributed by atoms with Crippen LogP contribution in [0.1, 0.15) is 32.3 Å². The van der Waals surface area contributed by atoms with Crippen LogP contribution in [0.5, 0.6) is 0 Å². The van der Waals surface area contributed by atoms with Crippen LogP contribution in [0.4, 0.5) is 0 Å². The van der Waals surface area contributed by atoms with E-state index in [0.717, 1.165) is 28.9 Å². The van der Waals surface area contributed by atoms with Gasteiger partial charge in [-0.1, -0.05) is 62.0 Å². The molecular formula is C24H27N5S. The normalized spacial score (nSPS) is 14.1. The molecule has 0 radical (unpaired) electrons. The van der Waals surface area contributed by atoms with Gasteiger partial charge in [0.15, 0.2) is 11.0 Å². The van der Waals surface area contributed by atoms with E-state index in [2.05, 4.69) is 89.0 Å². The van der Waals surface area contributed by atoms with E-state index in [9.17, 15) is 0 Å². The summed E-state index contributed by atoms with van der Waals surface area (Å²) in [4.78, 5) is 0. The minimum Gasteiger partial charge on any atom is -0.341 e. The maximum absolute atomic E-state index is 4.72. The number of hydrogen-bond donors (Lipinski definition) is 1. The maximum Gasteiger partial charge on any atom is 0.196 e. The molecule has 2 heterocycles. The number of benzene rings is 2. The summed E-state index contributed by atoms with van der Waals surface area (Å²) in [6.07, 6.45) is 2.55. The second kappa shape index (κ2) is 7.93. The Morgan fingerprint density at radius 3 is 2.50 bits per heavy atom. The monoisotopic (exact) mass is 417 g/mol. The molecule has 0 saturated heterocycles. The van der Waals surface area contributed by atoms with Crippen molar-refractivity contribution in [3.63, 3.8) is 0 Å². The van der Waals surface area contributed by atoms with Gasteiger partial charge >= 0.3 is 0 Å². The Balaban J connectivity index is 1.73. The highest BCUT2D eigenvalue weighted by Crippen LogP contribution is 2.36. The SMILES string of the molecule is CC(C)Sc1nnc(-c2c(CNC3CC3)c3ccccc3n2C)n1-c1ccccc1. The summed E-state index contributed by atoms with van der Waals surface area (Å²) < 4.78 is 4.48. The number of para-hydroxylation sites is 2. The zero-order valence-corrected chi connectivity index (χ0v) is 18.5. The van der Waals surface area contributed by atoms with Gasteiger partial charge < -0.3 is 9.88 Å². The number of thioether (sulfide) groups is 1. The Morgan fingerprint density at radius 2 is 1.77 bits per heavy atom. The molecule has 6 heteroatoms. The topological polar surface area (TPSA) is 47.7 Å². The highest BCUT2D eigenvalue weighted by molar-refractivity contribution is 7.99. The largest absolute Gasteiger partial charge is 0.341 e. The molecule has 1 aliphatic carbocycles. The van der Waals surface area contributed by atoms with Gasteiger partial charge in [0.2, 0.25) is 0 Å². The van der Waals surface area contributed by atoms with Crippen LogP contribution in [0, 0.1) is 0 Å². The number of nitrogens with one attached hydrogen (secondary N) is 1. The molecule has 0 atom stereocenters. The molecule has 4 aromatic rings. The molecule has 2 aromatic carbocycles. The third kappa shape index (κ3) is 3.55. The van der Waals surface area contributed by atoms with E-state index < -0.39 is 0 Å². The van der Waals surface area contributed by atoms with Crippen molar-refractivity contribution < 1.29 is 0 Å². The van der Waals surface area contributed by atoms with Crippen LogP contribution < -0.4 is 5.32 Å². The van der Waals surface area contributed by atoms with Crippen LogP contribution >= 0.6 is 11.8 Å². The smallest absolute Gasteiger partial charge is 0.196 e. The van der Waals surface area contributed by atoms with E-state index in [0.29, 0.717) is 11.3 Å². The molecular weight excluding hydrogens is 390 g/mol. The Morgan fingerprint density at radius 1 is 1.03 bits per heavy atom. The number of nitrogens with zero attached hydrogens (tertiary/aromatic N) is 4. The van der Waals surface area contributed by atoms with Gasteiger partial charge in [-0.25, -0.2) is 0 Å². The first kappa shape index (κ1) is 19.4. The Labute approximate surface area is 181 Å². The summed E-state index contributed by atoms with van der Waals surface area (Å²) in [7, 11) is 2.14. The van der Waals surface area contributed by atoms with Gasteiger partial charge in [-0.05, 0) is 31.0 Å². The summed E-state index contributed by atoms with van der Waals surface area (Å²) in [5.41, 5.74) is 4.75. The lowest BCUT2D eigenvalue weighted by atomic mass is 10.1. The summed E-state index contributed by atoms with van der Waals surface area (Å²) in [5, 5.41) is 15.7. The van der Waals surface area contributed by atoms with Crippen LogP contribution in [0.25, 0.3) is 28.1 Å². The number of aryl methyl sites for hydroxylation is 1. The van der Waals surface area contributed by atoms with Gasteiger partial charge in [0.25, 0.3) is 0 Å². The molecule has 5 rings (SSSR count). The number of rotatable bonds is 7. The standard InChI is InChI=1S/C24H27N5S/c1-16(2)30-24-27-26-23(29(24)18-9-5-4-6-10-18)22-20(15-25-17-13-14-17)19-11-7-8-12-21(19)28(22)3/h4-12,16-17,25H,13-15H2,1-3H3. The molecule has 0 amide bonds. The zero-order valence-electron chi connectivity index (χ0n) is 17.7. The fourth-order valence-electron chi connectivity index (χ4n) is 3.99. The third-order valence-electron chi connectivity index (χ3n) is 5.56. The molecule has 1 saturated carbocycles. The van der Waals surface area contributed by atoms with Crippen molar-refractivity contribution in [1.82, 2.24) is 24.6 Å². The molecule has 154 valence electrons. The molecule has 0 spiro atoms. The van der Waals surface area contributed by atoms with Gasteiger partial charge in [0.1, 0.15) is 0 Å². The first-order valence-electron chi connectivity index (χ1n) is 10.6. The van der Waals surface area contributed by atoms with Crippen molar-refractivity contribution >= 4 is 22.7 Å². The number of fused-ring (bicyclic) bond motifs is 1. The first-order valence-corrected chi connectivity index (χ1v) is 11.5. The molecule has 30 heavy (non-hydrogen) atoms. The summed E-state index contributed by atoms with van der Waals surface area (Å²) in [6.45, 7) is 5.22. The average molecular weight is 418 g/mol. The average Bonchev–Trinajstić information content (AvgIpc) is 3.43. The lowest BCUT2D eigenvalue weighted by Crippen LogP contribution is -2.16. The Bertz CT molecular complexity index is 1170. The zero-order chi connectivity index (χ0) is 20.7. The van der Waals surface area contributed by atoms with Crippen molar-refractivity contribution in [2.24, 2.45) is 7.05 Å². The summed E-state index contributed by atoms with van der Waals surface area (Å²) >= 11 is 1.75. The Kier molecular flexibility index (Phi) is 5.13. The van der Waals surface area contributed by atoms with Gasteiger partial charge in [-0.2, -0.15) is 0 Å².